The van der Waals surface area contributed by atoms with Crippen LogP contribution in [0.15, 0.2) is 23.5 Å². The van der Waals surface area contributed by atoms with Crippen LogP contribution in [-0.2, 0) is 11.3 Å². The van der Waals surface area contributed by atoms with Crippen molar-refractivity contribution in [1.82, 2.24) is 20.4 Å². The van der Waals surface area contributed by atoms with Crippen LogP contribution in [0.25, 0.3) is 0 Å². The molecule has 0 unspecified atom stereocenters. The largest absolute Gasteiger partial charge is 0.380 e. The van der Waals surface area contributed by atoms with Crippen LogP contribution in [0.2, 0.25) is 0 Å². The molecule has 2 rings (SSSR count). The van der Waals surface area contributed by atoms with Gasteiger partial charge < -0.3 is 15.4 Å². The molecule has 1 aliphatic rings. The molecule has 1 fully saturated rings. The highest BCUT2D eigenvalue weighted by Gasteiger charge is 2.33. The maximum atomic E-state index is 5.23. The third-order valence-corrected chi connectivity index (χ3v) is 3.22. The quantitative estimate of drug-likeness (QED) is 0.446. The Bertz CT molecular complexity index is 397. The first-order valence-electron chi connectivity index (χ1n) is 6.72. The van der Waals surface area contributed by atoms with Crippen molar-refractivity contribution in [2.24, 2.45) is 10.4 Å². The minimum atomic E-state index is 0.257. The van der Waals surface area contributed by atoms with Crippen LogP contribution in [0.1, 0.15) is 13.3 Å². The monoisotopic (exact) mass is 265 g/mol. The molecule has 1 saturated heterocycles. The highest BCUT2D eigenvalue weighted by atomic mass is 16.5. The van der Waals surface area contributed by atoms with Crippen LogP contribution >= 0.6 is 0 Å². The maximum absolute atomic E-state index is 5.23. The van der Waals surface area contributed by atoms with Crippen molar-refractivity contribution in [3.05, 3.63) is 18.5 Å². The Morgan fingerprint density at radius 3 is 2.89 bits per heavy atom. The smallest absolute Gasteiger partial charge is 0.191 e. The highest BCUT2D eigenvalue weighted by Crippen LogP contribution is 2.24. The normalized spacial score (nSPS) is 17.9. The molecular weight excluding hydrogens is 242 g/mol. The number of rotatable bonds is 6. The Labute approximate surface area is 114 Å². The van der Waals surface area contributed by atoms with E-state index in [0.717, 1.165) is 45.2 Å². The van der Waals surface area contributed by atoms with Gasteiger partial charge in [0.15, 0.2) is 5.96 Å². The zero-order valence-corrected chi connectivity index (χ0v) is 11.7. The molecule has 0 aliphatic carbocycles. The van der Waals surface area contributed by atoms with Crippen molar-refractivity contribution in [2.75, 3.05) is 33.4 Å². The Hall–Kier alpha value is -1.56. The van der Waals surface area contributed by atoms with Crippen LogP contribution in [0.3, 0.4) is 0 Å². The fourth-order valence-electron chi connectivity index (χ4n) is 1.95. The van der Waals surface area contributed by atoms with Gasteiger partial charge in [-0.25, -0.2) is 0 Å². The van der Waals surface area contributed by atoms with Gasteiger partial charge in [0.2, 0.25) is 0 Å². The summed E-state index contributed by atoms with van der Waals surface area (Å²) in [5.41, 5.74) is 0.257. The summed E-state index contributed by atoms with van der Waals surface area (Å²) in [6, 6.07) is 1.94. The number of aryl methyl sites for hydroxylation is 1. The first kappa shape index (κ1) is 13.9. The van der Waals surface area contributed by atoms with Crippen LogP contribution in [0.4, 0.5) is 0 Å². The summed E-state index contributed by atoms with van der Waals surface area (Å²) in [4.78, 5) is 4.22. The number of ether oxygens (including phenoxy) is 1. The average Bonchev–Trinajstić information content (AvgIpc) is 2.89. The van der Waals surface area contributed by atoms with E-state index in [1.807, 2.05) is 16.9 Å². The Balaban J connectivity index is 1.60. The molecule has 6 heteroatoms. The van der Waals surface area contributed by atoms with Gasteiger partial charge in [-0.1, -0.05) is 6.92 Å². The van der Waals surface area contributed by atoms with E-state index >= 15 is 0 Å². The minimum absolute atomic E-state index is 0.257. The predicted molar refractivity (Wildman–Crippen MR) is 75.1 cm³/mol. The topological polar surface area (TPSA) is 63.5 Å². The van der Waals surface area contributed by atoms with E-state index in [1.54, 1.807) is 13.2 Å². The predicted octanol–water partition coefficient (Wildman–Crippen LogP) is 0.475. The first-order valence-corrected chi connectivity index (χ1v) is 6.72. The summed E-state index contributed by atoms with van der Waals surface area (Å²) in [7, 11) is 1.79. The lowest BCUT2D eigenvalue weighted by Crippen LogP contribution is -2.51. The second kappa shape index (κ2) is 6.56. The number of nitrogens with one attached hydrogen (secondary N) is 2. The van der Waals surface area contributed by atoms with E-state index in [4.69, 9.17) is 4.74 Å². The Kier molecular flexibility index (Phi) is 4.79. The number of guanidine groups is 1. The zero-order chi connectivity index (χ0) is 13.6. The van der Waals surface area contributed by atoms with Crippen LogP contribution in [0.5, 0.6) is 0 Å². The molecular formula is C13H23N5O. The molecule has 106 valence electrons. The van der Waals surface area contributed by atoms with Gasteiger partial charge in [-0.3, -0.25) is 9.67 Å². The second-order valence-corrected chi connectivity index (χ2v) is 5.28. The Morgan fingerprint density at radius 2 is 2.32 bits per heavy atom. The second-order valence-electron chi connectivity index (χ2n) is 5.28. The van der Waals surface area contributed by atoms with Gasteiger partial charge in [0, 0.05) is 44.5 Å². The summed E-state index contributed by atoms with van der Waals surface area (Å²) in [6.45, 7) is 6.57. The van der Waals surface area contributed by atoms with E-state index < -0.39 is 0 Å². The average molecular weight is 265 g/mol. The molecule has 0 bridgehead atoms. The van der Waals surface area contributed by atoms with Gasteiger partial charge in [-0.2, -0.15) is 5.10 Å². The Morgan fingerprint density at radius 1 is 1.47 bits per heavy atom. The van der Waals surface area contributed by atoms with Crippen LogP contribution in [0, 0.1) is 5.41 Å². The van der Waals surface area contributed by atoms with Crippen molar-refractivity contribution < 1.29 is 4.74 Å². The van der Waals surface area contributed by atoms with Gasteiger partial charge in [-0.05, 0) is 12.5 Å². The van der Waals surface area contributed by atoms with Gasteiger partial charge in [0.25, 0.3) is 0 Å². The number of nitrogens with zero attached hydrogens (tertiary/aromatic N) is 3. The zero-order valence-electron chi connectivity index (χ0n) is 11.7. The lowest BCUT2D eigenvalue weighted by Gasteiger charge is -2.38. The van der Waals surface area contributed by atoms with Gasteiger partial charge >= 0.3 is 0 Å². The third-order valence-electron chi connectivity index (χ3n) is 3.22. The van der Waals surface area contributed by atoms with E-state index in [-0.39, 0.29) is 5.41 Å². The van der Waals surface area contributed by atoms with E-state index in [0.29, 0.717) is 0 Å². The fourth-order valence-corrected chi connectivity index (χ4v) is 1.95. The molecule has 0 radical (unpaired) electrons. The summed E-state index contributed by atoms with van der Waals surface area (Å²) >= 11 is 0. The van der Waals surface area contributed by atoms with Crippen molar-refractivity contribution in [1.29, 1.82) is 0 Å². The van der Waals surface area contributed by atoms with Crippen LogP contribution in [-0.4, -0.2) is 49.1 Å². The van der Waals surface area contributed by atoms with Gasteiger partial charge in [-0.15, -0.1) is 0 Å². The SMILES string of the molecule is CN=C(NCCCn1cccn1)NCC1(C)COC1. The molecule has 0 atom stereocenters. The number of hydrogen-bond donors (Lipinski definition) is 2. The lowest BCUT2D eigenvalue weighted by atomic mass is 9.89. The molecule has 1 aromatic heterocycles. The summed E-state index contributed by atoms with van der Waals surface area (Å²) in [6.07, 6.45) is 4.79. The summed E-state index contributed by atoms with van der Waals surface area (Å²) in [5, 5.41) is 10.8. The number of aliphatic imine (C=N–C) groups is 1. The number of hydrogen-bond acceptors (Lipinski definition) is 3. The lowest BCUT2D eigenvalue weighted by molar-refractivity contribution is -0.0971. The van der Waals surface area contributed by atoms with Crippen LogP contribution < -0.4 is 10.6 Å². The van der Waals surface area contributed by atoms with Gasteiger partial charge in [0.05, 0.1) is 13.2 Å². The van der Waals surface area contributed by atoms with Crippen molar-refractivity contribution in [3.63, 3.8) is 0 Å². The van der Waals surface area contributed by atoms with Crippen molar-refractivity contribution in [2.45, 2.75) is 19.9 Å². The standard InChI is InChI=1S/C13H23N5O/c1-13(10-19-11-13)9-16-12(14-2)15-5-3-7-18-8-4-6-17-18/h4,6,8H,3,5,7,9-11H2,1-2H3,(H2,14,15,16). The molecule has 1 aliphatic heterocycles. The van der Waals surface area contributed by atoms with Gasteiger partial charge in [0.1, 0.15) is 0 Å². The summed E-state index contributed by atoms with van der Waals surface area (Å²) in [5.74, 6) is 0.855. The van der Waals surface area contributed by atoms with Crippen molar-refractivity contribution >= 4 is 5.96 Å². The minimum Gasteiger partial charge on any atom is -0.380 e. The fraction of sp³-hybridized carbons (Fsp3) is 0.692. The van der Waals surface area contributed by atoms with Crippen molar-refractivity contribution in [3.8, 4) is 0 Å². The van der Waals surface area contributed by atoms with E-state index in [9.17, 15) is 0 Å². The number of aromatic nitrogens is 2. The maximum Gasteiger partial charge on any atom is 0.191 e. The first-order chi connectivity index (χ1) is 9.22. The van der Waals surface area contributed by atoms with E-state index in [1.165, 1.54) is 0 Å². The molecule has 19 heavy (non-hydrogen) atoms. The molecule has 0 saturated carbocycles. The molecule has 0 amide bonds. The molecule has 2 heterocycles. The highest BCUT2D eigenvalue weighted by molar-refractivity contribution is 5.79. The molecule has 0 aromatic carbocycles. The molecule has 6 nitrogen and oxygen atoms in total. The molecule has 0 spiro atoms. The third kappa shape index (κ3) is 4.24. The summed E-state index contributed by atoms with van der Waals surface area (Å²) < 4.78 is 7.17. The molecule has 1 aromatic rings. The molecule has 2 N–H and O–H groups in total. The van der Waals surface area contributed by atoms with E-state index in [2.05, 4.69) is 27.6 Å².